The summed E-state index contributed by atoms with van der Waals surface area (Å²) < 4.78 is 24.4. The average molecular weight is 312 g/mol. The second kappa shape index (κ2) is 6.34. The first-order valence-electron chi connectivity index (χ1n) is 6.94. The summed E-state index contributed by atoms with van der Waals surface area (Å²) >= 11 is 0. The van der Waals surface area contributed by atoms with Crippen molar-refractivity contribution in [2.45, 2.75) is 24.2 Å². The van der Waals surface area contributed by atoms with Crippen molar-refractivity contribution in [3.63, 3.8) is 0 Å². The van der Waals surface area contributed by atoms with Gasteiger partial charge in [-0.15, -0.1) is 0 Å². The van der Waals surface area contributed by atoms with E-state index in [1.807, 2.05) is 0 Å². The van der Waals surface area contributed by atoms with Crippen LogP contribution in [0.1, 0.15) is 19.3 Å². The normalized spacial score (nSPS) is 16.9. The molecule has 1 aliphatic rings. The Morgan fingerprint density at radius 3 is 2.33 bits per heavy atom. The monoisotopic (exact) mass is 312 g/mol. The number of carbonyl (C=O) groups is 1. The van der Waals surface area contributed by atoms with Crippen LogP contribution in [0.15, 0.2) is 29.2 Å². The Balaban J connectivity index is 1.88. The number of nitrogens with two attached hydrogens (primary N) is 1. The number of nitrogen functional groups attached to an aromatic ring is 1. The molecule has 116 valence electrons. The van der Waals surface area contributed by atoms with Crippen LogP contribution in [-0.2, 0) is 9.84 Å². The fourth-order valence-corrected chi connectivity index (χ4v) is 3.96. The summed E-state index contributed by atoms with van der Waals surface area (Å²) in [5.41, 5.74) is 6.09. The SMILES string of the molecule is Nc1ccc(S(=O)(=O)CCC2CCN(C(=O)O)CC2)cc1. The molecule has 1 aliphatic heterocycles. The van der Waals surface area contributed by atoms with Gasteiger partial charge in [0.15, 0.2) is 9.84 Å². The van der Waals surface area contributed by atoms with E-state index in [9.17, 15) is 13.2 Å². The molecule has 7 heteroatoms. The number of hydrogen-bond donors (Lipinski definition) is 2. The van der Waals surface area contributed by atoms with Crippen LogP contribution in [0.2, 0.25) is 0 Å². The number of piperidine rings is 1. The number of anilines is 1. The molecule has 1 fully saturated rings. The molecule has 1 aromatic carbocycles. The lowest BCUT2D eigenvalue weighted by molar-refractivity contribution is 0.124. The molecule has 3 N–H and O–H groups in total. The lowest BCUT2D eigenvalue weighted by atomic mass is 9.95. The minimum Gasteiger partial charge on any atom is -0.465 e. The van der Waals surface area contributed by atoms with Crippen LogP contribution in [0.4, 0.5) is 10.5 Å². The standard InChI is InChI=1S/C14H20N2O4S/c15-12-1-3-13(4-2-12)21(19,20)10-7-11-5-8-16(9-6-11)14(17)18/h1-4,11H,5-10,15H2,(H,17,18). The number of amides is 1. The van der Waals surface area contributed by atoms with Crippen molar-refractivity contribution >= 4 is 21.6 Å². The van der Waals surface area contributed by atoms with E-state index in [-0.39, 0.29) is 11.7 Å². The van der Waals surface area contributed by atoms with Gasteiger partial charge in [0, 0.05) is 18.8 Å². The van der Waals surface area contributed by atoms with Crippen molar-refractivity contribution in [3.05, 3.63) is 24.3 Å². The maximum Gasteiger partial charge on any atom is 0.407 e. The molecule has 21 heavy (non-hydrogen) atoms. The first-order valence-corrected chi connectivity index (χ1v) is 8.60. The molecule has 0 aliphatic carbocycles. The van der Waals surface area contributed by atoms with Crippen molar-refractivity contribution in [3.8, 4) is 0 Å². The molecule has 0 atom stereocenters. The number of hydrogen-bond acceptors (Lipinski definition) is 4. The predicted octanol–water partition coefficient (Wildman–Crippen LogP) is 1.82. The third-order valence-electron chi connectivity index (χ3n) is 3.92. The highest BCUT2D eigenvalue weighted by molar-refractivity contribution is 7.91. The van der Waals surface area contributed by atoms with Gasteiger partial charge in [0.1, 0.15) is 0 Å². The maximum absolute atomic E-state index is 12.2. The molecule has 1 heterocycles. The summed E-state index contributed by atoms with van der Waals surface area (Å²) in [4.78, 5) is 12.5. The fourth-order valence-electron chi connectivity index (χ4n) is 2.53. The first kappa shape index (κ1) is 15.6. The van der Waals surface area contributed by atoms with Gasteiger partial charge in [-0.25, -0.2) is 13.2 Å². The second-order valence-corrected chi connectivity index (χ2v) is 7.50. The summed E-state index contributed by atoms with van der Waals surface area (Å²) in [7, 11) is -3.29. The second-order valence-electron chi connectivity index (χ2n) is 5.39. The van der Waals surface area contributed by atoms with Gasteiger partial charge in [-0.2, -0.15) is 0 Å². The van der Waals surface area contributed by atoms with Gasteiger partial charge in [-0.05, 0) is 49.4 Å². The molecular weight excluding hydrogens is 292 g/mol. The van der Waals surface area contributed by atoms with Crippen molar-refractivity contribution in [1.29, 1.82) is 0 Å². The van der Waals surface area contributed by atoms with E-state index in [4.69, 9.17) is 10.8 Å². The molecule has 0 aromatic heterocycles. The number of carboxylic acid groups (broad SMARTS) is 1. The molecule has 1 aromatic rings. The van der Waals surface area contributed by atoms with Crippen LogP contribution in [0.25, 0.3) is 0 Å². The zero-order valence-electron chi connectivity index (χ0n) is 11.7. The Kier molecular flexibility index (Phi) is 4.72. The van der Waals surface area contributed by atoms with Crippen LogP contribution in [0, 0.1) is 5.92 Å². The lowest BCUT2D eigenvalue weighted by Gasteiger charge is -2.29. The Labute approximate surface area is 124 Å². The Morgan fingerprint density at radius 1 is 1.24 bits per heavy atom. The Morgan fingerprint density at radius 2 is 1.81 bits per heavy atom. The molecule has 1 amide bonds. The molecule has 2 rings (SSSR count). The van der Waals surface area contributed by atoms with E-state index < -0.39 is 15.9 Å². The molecule has 0 radical (unpaired) electrons. The molecule has 0 bridgehead atoms. The van der Waals surface area contributed by atoms with Crippen LogP contribution in [0.3, 0.4) is 0 Å². The number of sulfone groups is 1. The summed E-state index contributed by atoms with van der Waals surface area (Å²) in [5.74, 6) is 0.360. The van der Waals surface area contributed by atoms with Gasteiger partial charge >= 0.3 is 6.09 Å². The summed E-state index contributed by atoms with van der Waals surface area (Å²) in [6.07, 6.45) is 1.12. The quantitative estimate of drug-likeness (QED) is 0.826. The van der Waals surface area contributed by atoms with E-state index in [2.05, 4.69) is 0 Å². The summed E-state index contributed by atoms with van der Waals surface area (Å²) in [5, 5.41) is 8.87. The topological polar surface area (TPSA) is 101 Å². The highest BCUT2D eigenvalue weighted by Crippen LogP contribution is 2.23. The molecular formula is C14H20N2O4S. The number of likely N-dealkylation sites (tertiary alicyclic amines) is 1. The summed E-state index contributed by atoms with van der Waals surface area (Å²) in [6, 6.07) is 6.21. The number of rotatable bonds is 4. The Hall–Kier alpha value is -1.76. The lowest BCUT2D eigenvalue weighted by Crippen LogP contribution is -2.37. The molecule has 0 unspecified atom stereocenters. The van der Waals surface area contributed by atoms with Crippen molar-refractivity contribution < 1.29 is 18.3 Å². The van der Waals surface area contributed by atoms with Gasteiger partial charge in [-0.1, -0.05) is 0 Å². The Bertz CT molecular complexity index is 590. The first-order chi connectivity index (χ1) is 9.88. The van der Waals surface area contributed by atoms with E-state index in [1.54, 1.807) is 12.1 Å². The van der Waals surface area contributed by atoms with Crippen molar-refractivity contribution in [2.75, 3.05) is 24.6 Å². The number of benzene rings is 1. The third kappa shape index (κ3) is 4.10. The van der Waals surface area contributed by atoms with Crippen molar-refractivity contribution in [2.24, 2.45) is 5.92 Å². The van der Waals surface area contributed by atoms with Crippen LogP contribution in [0.5, 0.6) is 0 Å². The number of nitrogens with zero attached hydrogens (tertiary/aromatic N) is 1. The van der Waals surface area contributed by atoms with E-state index in [1.165, 1.54) is 17.0 Å². The molecule has 6 nitrogen and oxygen atoms in total. The van der Waals surface area contributed by atoms with Crippen molar-refractivity contribution in [1.82, 2.24) is 4.90 Å². The average Bonchev–Trinajstić information content (AvgIpc) is 2.46. The van der Waals surface area contributed by atoms with Gasteiger partial charge in [0.25, 0.3) is 0 Å². The van der Waals surface area contributed by atoms with E-state index in [0.29, 0.717) is 30.1 Å². The molecule has 0 saturated carbocycles. The van der Waals surface area contributed by atoms with Gasteiger partial charge in [0.05, 0.1) is 10.6 Å². The van der Waals surface area contributed by atoms with Gasteiger partial charge in [-0.3, -0.25) is 0 Å². The van der Waals surface area contributed by atoms with Crippen LogP contribution < -0.4 is 5.73 Å². The minimum atomic E-state index is -3.29. The van der Waals surface area contributed by atoms with E-state index in [0.717, 1.165) is 12.8 Å². The highest BCUT2D eigenvalue weighted by Gasteiger charge is 2.24. The maximum atomic E-state index is 12.2. The zero-order chi connectivity index (χ0) is 15.5. The summed E-state index contributed by atoms with van der Waals surface area (Å²) in [6.45, 7) is 0.976. The predicted molar refractivity (Wildman–Crippen MR) is 79.8 cm³/mol. The smallest absolute Gasteiger partial charge is 0.407 e. The van der Waals surface area contributed by atoms with Crippen LogP contribution in [-0.4, -0.2) is 43.4 Å². The van der Waals surface area contributed by atoms with Gasteiger partial charge < -0.3 is 15.7 Å². The fraction of sp³-hybridized carbons (Fsp3) is 0.500. The third-order valence-corrected chi connectivity index (χ3v) is 5.68. The molecule has 0 spiro atoms. The largest absolute Gasteiger partial charge is 0.465 e. The minimum absolute atomic E-state index is 0.0919. The highest BCUT2D eigenvalue weighted by atomic mass is 32.2. The van der Waals surface area contributed by atoms with Gasteiger partial charge in [0.2, 0.25) is 0 Å². The molecule has 1 saturated heterocycles. The van der Waals surface area contributed by atoms with Crippen LogP contribution >= 0.6 is 0 Å². The van der Waals surface area contributed by atoms with E-state index >= 15 is 0 Å². The zero-order valence-corrected chi connectivity index (χ0v) is 12.6.